The van der Waals surface area contributed by atoms with Gasteiger partial charge < -0.3 is 38.6 Å². The Hall–Kier alpha value is -4.61. The van der Waals surface area contributed by atoms with Crippen molar-refractivity contribution in [1.29, 1.82) is 0 Å². The van der Waals surface area contributed by atoms with Gasteiger partial charge in [-0.3, -0.25) is 29.5 Å². The number of phenols is 1. The van der Waals surface area contributed by atoms with E-state index in [2.05, 4.69) is 5.32 Å². The van der Waals surface area contributed by atoms with Gasteiger partial charge >= 0.3 is 11.9 Å². The van der Waals surface area contributed by atoms with Gasteiger partial charge in [-0.05, 0) is 57.0 Å². The van der Waals surface area contributed by atoms with Gasteiger partial charge in [0, 0.05) is 58.7 Å². The molecule has 16 heteroatoms. The Bertz CT molecular complexity index is 2180. The van der Waals surface area contributed by atoms with Crippen molar-refractivity contribution in [2.24, 2.45) is 0 Å². The van der Waals surface area contributed by atoms with Gasteiger partial charge in [0.15, 0.2) is 40.1 Å². The highest BCUT2D eigenvalue weighted by atomic mass is 32.2. The number of ketones is 2. The summed E-state index contributed by atoms with van der Waals surface area (Å²) in [6.45, 7) is 4.69. The third-order valence-electron chi connectivity index (χ3n) is 12.4. The highest BCUT2D eigenvalue weighted by Gasteiger charge is 2.63. The fourth-order valence-electron chi connectivity index (χ4n) is 10.00. The summed E-state index contributed by atoms with van der Waals surface area (Å²) in [5.74, 6) is -0.641. The molecule has 0 amide bonds. The van der Waals surface area contributed by atoms with Gasteiger partial charge in [0.2, 0.25) is 12.6 Å². The normalized spacial score (nSPS) is 31.1. The first kappa shape index (κ1) is 36.1. The van der Waals surface area contributed by atoms with E-state index in [9.17, 15) is 29.4 Å². The molecule has 4 bridgehead atoms. The van der Waals surface area contributed by atoms with Crippen molar-refractivity contribution >= 4 is 35.3 Å². The van der Waals surface area contributed by atoms with E-state index in [1.54, 1.807) is 26.0 Å². The number of phenolic OH excluding ortho intramolecular Hbond substituents is 1. The van der Waals surface area contributed by atoms with Crippen molar-refractivity contribution in [3.05, 3.63) is 62.4 Å². The highest BCUT2D eigenvalue weighted by molar-refractivity contribution is 7.99. The zero-order valence-corrected chi connectivity index (χ0v) is 32.0. The van der Waals surface area contributed by atoms with Crippen LogP contribution in [-0.2, 0) is 40.6 Å². The maximum atomic E-state index is 14.7. The number of allylic oxidation sites excluding steroid dienone is 2. The highest BCUT2D eigenvalue weighted by Crippen LogP contribution is 2.62. The lowest BCUT2D eigenvalue weighted by Gasteiger charge is -2.62. The molecule has 8 aliphatic rings. The van der Waals surface area contributed by atoms with Crippen LogP contribution in [0.5, 0.6) is 28.7 Å². The Morgan fingerprint density at radius 3 is 2.55 bits per heavy atom. The van der Waals surface area contributed by atoms with Crippen LogP contribution in [0.2, 0.25) is 0 Å². The molecule has 2 aromatic carbocycles. The summed E-state index contributed by atoms with van der Waals surface area (Å²) in [6.07, 6.45) is -0.577. The zero-order chi connectivity index (χ0) is 38.8. The molecule has 1 unspecified atom stereocenters. The molecule has 1 spiro atoms. The number of aromatic hydroxyl groups is 1. The minimum atomic E-state index is -1.42. The van der Waals surface area contributed by atoms with Crippen LogP contribution in [0.25, 0.3) is 0 Å². The number of aliphatic hydroxyl groups is 1. The molecule has 2 aromatic rings. The lowest BCUT2D eigenvalue weighted by Crippen LogP contribution is -2.73. The maximum Gasteiger partial charge on any atom is 0.331 e. The Balaban J connectivity index is 1.31. The van der Waals surface area contributed by atoms with Crippen molar-refractivity contribution < 1.29 is 57.8 Å². The first-order valence-corrected chi connectivity index (χ1v) is 19.2. The number of aliphatic hydroxyl groups excluding tert-OH is 1. The number of hydrogen-bond acceptors (Lipinski definition) is 16. The Morgan fingerprint density at radius 2 is 1.82 bits per heavy atom. The maximum absolute atomic E-state index is 14.7. The van der Waals surface area contributed by atoms with Gasteiger partial charge in [0.05, 0.1) is 37.6 Å². The Morgan fingerprint density at radius 1 is 1.05 bits per heavy atom. The number of piperazine rings is 1. The Labute approximate surface area is 320 Å². The van der Waals surface area contributed by atoms with Crippen molar-refractivity contribution in [2.75, 3.05) is 47.0 Å². The summed E-state index contributed by atoms with van der Waals surface area (Å²) >= 11 is 1.37. The van der Waals surface area contributed by atoms with Gasteiger partial charge in [-0.15, -0.1) is 11.8 Å². The number of methoxy groups -OCH3 is 2. The number of fused-ring (bicyclic) bond motifs is 8. The predicted molar refractivity (Wildman–Crippen MR) is 194 cm³/mol. The molecule has 0 saturated carbocycles. The number of rotatable bonds is 3. The smallest absolute Gasteiger partial charge is 0.331 e. The molecule has 0 radical (unpaired) electrons. The first-order chi connectivity index (χ1) is 26.3. The van der Waals surface area contributed by atoms with Crippen LogP contribution < -0.4 is 24.3 Å². The van der Waals surface area contributed by atoms with Crippen molar-refractivity contribution in [2.45, 2.75) is 74.8 Å². The summed E-state index contributed by atoms with van der Waals surface area (Å²) in [4.78, 5) is 59.9. The largest absolute Gasteiger partial charge is 0.504 e. The summed E-state index contributed by atoms with van der Waals surface area (Å²) in [5, 5.41) is 26.0. The molecular weight excluding hydrogens is 735 g/mol. The lowest BCUT2D eigenvalue weighted by molar-refractivity contribution is -0.181. The predicted octanol–water partition coefficient (Wildman–Crippen LogP) is 2.23. The number of carbonyl (C=O) groups is 4. The van der Waals surface area contributed by atoms with E-state index in [0.717, 1.165) is 5.56 Å². The number of thioether (sulfide) groups is 1. The number of esters is 2. The number of hydrogen-bond donors (Lipinski definition) is 3. The van der Waals surface area contributed by atoms with Crippen LogP contribution in [0.4, 0.5) is 0 Å². The van der Waals surface area contributed by atoms with Crippen LogP contribution in [0, 0.1) is 6.92 Å². The Kier molecular flexibility index (Phi) is 8.33. The van der Waals surface area contributed by atoms with Gasteiger partial charge in [0.1, 0.15) is 18.6 Å². The topological polar surface area (TPSA) is 183 Å². The molecule has 3 N–H and O–H groups in total. The average molecular weight is 776 g/mol. The molecule has 0 aromatic heterocycles. The third kappa shape index (κ3) is 4.84. The quantitative estimate of drug-likeness (QED) is 0.234. The summed E-state index contributed by atoms with van der Waals surface area (Å²) in [6, 6.07) is 0.246. The molecule has 7 heterocycles. The van der Waals surface area contributed by atoms with Crippen molar-refractivity contribution in [1.82, 2.24) is 15.1 Å². The van der Waals surface area contributed by atoms with Crippen LogP contribution >= 0.6 is 11.8 Å². The van der Waals surface area contributed by atoms with E-state index < -0.39 is 58.9 Å². The molecule has 10 rings (SSSR count). The molecular formula is C39H41N3O12S. The van der Waals surface area contributed by atoms with E-state index >= 15 is 0 Å². The standard InChI is InChI=1S/C39H41N3O12S/c1-15-30(45)19-10-21-37(47)42-22-12-51-38(48)39(20-11-24(49-5)23(44)9-18(20)7-8-40-39)13-55-36(29(42)28(41(21)4)25(19)31(46)33(15)50-6)27-26(22)35-34(52-14-53-35)16(2)32(27)54-17(3)43/h9,11,21-22,28-29,36-37,40,44,47H,7-8,10,12-14H2,1-6H3/t21-,22-,28-,29?,36-,37+,39-/m1/s1. The second-order valence-electron chi connectivity index (χ2n) is 15.0. The van der Waals surface area contributed by atoms with E-state index in [0.29, 0.717) is 52.3 Å². The SMILES string of the molecule is COC1=C(C)C(=O)C2=C(C1=O)[C@@H]1C3[C@@H]4SC[C@]5(NCCc6cc(O)c(OC)cc65)C(=O)OC[C@H](c5c6c(c(C)c(OC(C)=O)c54)OCO6)N3[C@@H](O)[C@@H](C2)N1C. The zero-order valence-electron chi connectivity index (χ0n) is 31.1. The molecule has 1 aliphatic carbocycles. The van der Waals surface area contributed by atoms with Crippen molar-refractivity contribution in [3.8, 4) is 28.7 Å². The number of likely N-dealkylation sites (N-methyl/N-ethyl adjacent to an activating group) is 1. The second-order valence-corrected chi connectivity index (χ2v) is 16.1. The molecule has 7 aliphatic heterocycles. The van der Waals surface area contributed by atoms with Crippen LogP contribution in [0.3, 0.4) is 0 Å². The minimum Gasteiger partial charge on any atom is -0.504 e. The second kappa shape index (κ2) is 12.7. The summed E-state index contributed by atoms with van der Waals surface area (Å²) < 4.78 is 35.6. The fraction of sp³-hybridized carbons (Fsp3) is 0.487. The van der Waals surface area contributed by atoms with E-state index in [1.807, 2.05) is 16.8 Å². The number of carbonyl (C=O) groups excluding carboxylic acids is 4. The number of ether oxygens (including phenoxy) is 6. The molecule has 2 fully saturated rings. The van der Waals surface area contributed by atoms with Crippen LogP contribution in [0.15, 0.2) is 34.6 Å². The fourth-order valence-corrected chi connectivity index (χ4v) is 11.7. The summed E-state index contributed by atoms with van der Waals surface area (Å²) in [5.41, 5.74) is 2.41. The van der Waals surface area contributed by atoms with Gasteiger partial charge in [-0.2, -0.15) is 0 Å². The van der Waals surface area contributed by atoms with Crippen molar-refractivity contribution in [3.63, 3.8) is 0 Å². The monoisotopic (exact) mass is 775 g/mol. The van der Waals surface area contributed by atoms with Gasteiger partial charge in [0.25, 0.3) is 0 Å². The van der Waals surface area contributed by atoms with E-state index in [4.69, 9.17) is 28.4 Å². The first-order valence-electron chi connectivity index (χ1n) is 18.2. The van der Waals surface area contributed by atoms with Gasteiger partial charge in [-0.25, -0.2) is 4.79 Å². The van der Waals surface area contributed by atoms with Crippen LogP contribution in [0.1, 0.15) is 59.4 Å². The number of nitrogens with zero attached hydrogens (tertiary/aromatic N) is 2. The van der Waals surface area contributed by atoms with E-state index in [-0.39, 0.29) is 65.5 Å². The number of nitrogens with one attached hydrogen (secondary N) is 1. The average Bonchev–Trinajstić information content (AvgIpc) is 3.65. The van der Waals surface area contributed by atoms with Crippen LogP contribution in [-0.4, -0.2) is 115 Å². The van der Waals surface area contributed by atoms with Gasteiger partial charge in [-0.1, -0.05) is 0 Å². The third-order valence-corrected chi connectivity index (χ3v) is 13.9. The molecule has 2 saturated heterocycles. The minimum absolute atomic E-state index is 0.0285. The molecule has 55 heavy (non-hydrogen) atoms. The lowest BCUT2D eigenvalue weighted by atomic mass is 9.70. The molecule has 7 atom stereocenters. The summed E-state index contributed by atoms with van der Waals surface area (Å²) in [7, 11) is 4.64. The number of Topliss-reactive ketones (excluding diaryl/α,β-unsaturated/α-hetero) is 2. The molecule has 290 valence electrons. The number of benzene rings is 2. The molecule has 15 nitrogen and oxygen atoms in total. The van der Waals surface area contributed by atoms with E-state index in [1.165, 1.54) is 32.9 Å².